The van der Waals surface area contributed by atoms with Gasteiger partial charge in [0, 0.05) is 11.7 Å². The van der Waals surface area contributed by atoms with E-state index in [2.05, 4.69) is 4.72 Å². The van der Waals surface area contributed by atoms with Crippen molar-refractivity contribution in [1.29, 1.82) is 0 Å². The topological polar surface area (TPSA) is 72.2 Å². The number of nitrogen functional groups attached to an aromatic ring is 1. The number of benzene rings is 1. The van der Waals surface area contributed by atoms with E-state index in [0.29, 0.717) is 11.6 Å². The lowest BCUT2D eigenvalue weighted by Crippen LogP contribution is -2.26. The van der Waals surface area contributed by atoms with Crippen LogP contribution in [0.15, 0.2) is 23.1 Å². The lowest BCUT2D eigenvalue weighted by molar-refractivity contribution is 0.578. The first-order valence-electron chi connectivity index (χ1n) is 5.28. The van der Waals surface area contributed by atoms with Crippen molar-refractivity contribution < 1.29 is 8.42 Å². The molecule has 4 nitrogen and oxygen atoms in total. The number of aryl methyl sites for hydroxylation is 1. The first kappa shape index (κ1) is 11.4. The fourth-order valence-corrected chi connectivity index (χ4v) is 2.93. The molecule has 0 saturated heterocycles. The van der Waals surface area contributed by atoms with Crippen LogP contribution in [0, 0.1) is 12.8 Å². The second-order valence-corrected chi connectivity index (χ2v) is 6.17. The molecule has 0 heterocycles. The summed E-state index contributed by atoms with van der Waals surface area (Å²) in [6, 6.07) is 4.90. The maximum atomic E-state index is 11.9. The molecule has 0 aromatic heterocycles. The third-order valence-corrected chi connectivity index (χ3v) is 4.46. The summed E-state index contributed by atoms with van der Waals surface area (Å²) in [6.07, 6.45) is 0.917. The monoisotopic (exact) mass is 240 g/mol. The Morgan fingerprint density at radius 1 is 1.44 bits per heavy atom. The highest BCUT2D eigenvalue weighted by Gasteiger charge is 2.36. The zero-order valence-electron chi connectivity index (χ0n) is 9.40. The lowest BCUT2D eigenvalue weighted by atomic mass is 10.2. The average molecular weight is 240 g/mol. The highest BCUT2D eigenvalue weighted by atomic mass is 32.2. The first-order chi connectivity index (χ1) is 7.40. The number of anilines is 1. The highest BCUT2D eigenvalue weighted by molar-refractivity contribution is 7.89. The normalized spacial score (nSPS) is 24.4. The summed E-state index contributed by atoms with van der Waals surface area (Å²) in [7, 11) is -3.40. The summed E-state index contributed by atoms with van der Waals surface area (Å²) >= 11 is 0. The van der Waals surface area contributed by atoms with E-state index in [1.165, 1.54) is 6.07 Å². The standard InChI is InChI=1S/C11H16N2O2S/c1-7-3-4-9(6-10(7)12)16(14,15)13-11-5-8(11)2/h3-4,6,8,11,13H,5,12H2,1-2H3. The van der Waals surface area contributed by atoms with Gasteiger partial charge in [0.25, 0.3) is 0 Å². The van der Waals surface area contributed by atoms with Crippen molar-refractivity contribution in [3.05, 3.63) is 23.8 Å². The van der Waals surface area contributed by atoms with Gasteiger partial charge in [-0.2, -0.15) is 0 Å². The molecule has 2 unspecified atom stereocenters. The molecule has 88 valence electrons. The zero-order chi connectivity index (χ0) is 11.9. The average Bonchev–Trinajstić information content (AvgIpc) is 2.85. The summed E-state index contributed by atoms with van der Waals surface area (Å²) in [4.78, 5) is 0.245. The Hall–Kier alpha value is -1.07. The van der Waals surface area contributed by atoms with Gasteiger partial charge < -0.3 is 5.73 Å². The van der Waals surface area contributed by atoms with Gasteiger partial charge in [-0.1, -0.05) is 13.0 Å². The van der Waals surface area contributed by atoms with Crippen molar-refractivity contribution in [3.63, 3.8) is 0 Å². The van der Waals surface area contributed by atoms with Crippen molar-refractivity contribution in [3.8, 4) is 0 Å². The minimum Gasteiger partial charge on any atom is -0.398 e. The molecule has 0 amide bonds. The van der Waals surface area contributed by atoms with Crippen LogP contribution < -0.4 is 10.5 Å². The SMILES string of the molecule is Cc1ccc(S(=O)(=O)NC2CC2C)cc1N. The Morgan fingerprint density at radius 2 is 2.06 bits per heavy atom. The molecule has 16 heavy (non-hydrogen) atoms. The molecule has 2 atom stereocenters. The highest BCUT2D eigenvalue weighted by Crippen LogP contribution is 2.31. The molecule has 2 rings (SSSR count). The van der Waals surface area contributed by atoms with Crippen molar-refractivity contribution in [2.24, 2.45) is 5.92 Å². The number of rotatable bonds is 3. The zero-order valence-corrected chi connectivity index (χ0v) is 10.2. The fraction of sp³-hybridized carbons (Fsp3) is 0.455. The van der Waals surface area contributed by atoms with E-state index in [0.717, 1.165) is 12.0 Å². The van der Waals surface area contributed by atoms with Crippen LogP contribution in [-0.4, -0.2) is 14.5 Å². The van der Waals surface area contributed by atoms with Crippen LogP contribution in [0.1, 0.15) is 18.9 Å². The van der Waals surface area contributed by atoms with Crippen LogP contribution in [0.4, 0.5) is 5.69 Å². The predicted octanol–water partition coefficient (Wildman–Crippen LogP) is 1.26. The van der Waals surface area contributed by atoms with Gasteiger partial charge in [0.2, 0.25) is 10.0 Å². The molecule has 5 heteroatoms. The molecule has 1 aromatic rings. The molecule has 0 radical (unpaired) electrons. The van der Waals surface area contributed by atoms with E-state index in [-0.39, 0.29) is 10.9 Å². The second kappa shape index (κ2) is 3.75. The molecule has 0 spiro atoms. The van der Waals surface area contributed by atoms with Gasteiger partial charge in [-0.25, -0.2) is 13.1 Å². The fourth-order valence-electron chi connectivity index (χ4n) is 1.54. The number of sulfonamides is 1. The molecule has 3 N–H and O–H groups in total. The number of nitrogens with two attached hydrogens (primary N) is 1. The summed E-state index contributed by atoms with van der Waals surface area (Å²) in [5, 5.41) is 0. The summed E-state index contributed by atoms with van der Waals surface area (Å²) in [5.41, 5.74) is 7.09. The van der Waals surface area contributed by atoms with Crippen molar-refractivity contribution in [2.45, 2.75) is 31.2 Å². The summed E-state index contributed by atoms with van der Waals surface area (Å²) in [5.74, 6) is 0.442. The molecular weight excluding hydrogens is 224 g/mol. The third-order valence-electron chi connectivity index (χ3n) is 2.98. The van der Waals surface area contributed by atoms with Crippen LogP contribution >= 0.6 is 0 Å². The molecule has 0 aliphatic heterocycles. The van der Waals surface area contributed by atoms with Gasteiger partial charge in [-0.05, 0) is 37.0 Å². The Kier molecular flexibility index (Phi) is 2.67. The van der Waals surface area contributed by atoms with Gasteiger partial charge in [0.1, 0.15) is 0 Å². The number of nitrogens with one attached hydrogen (secondary N) is 1. The van der Waals surface area contributed by atoms with E-state index in [9.17, 15) is 8.42 Å². The largest absolute Gasteiger partial charge is 0.398 e. The Labute approximate surface area is 95.9 Å². The van der Waals surface area contributed by atoms with E-state index in [1.54, 1.807) is 12.1 Å². The quantitative estimate of drug-likeness (QED) is 0.781. The smallest absolute Gasteiger partial charge is 0.240 e. The molecule has 0 bridgehead atoms. The van der Waals surface area contributed by atoms with Crippen molar-refractivity contribution in [2.75, 3.05) is 5.73 Å². The summed E-state index contributed by atoms with van der Waals surface area (Å²) in [6.45, 7) is 3.87. The van der Waals surface area contributed by atoms with Crippen LogP contribution in [0.2, 0.25) is 0 Å². The van der Waals surface area contributed by atoms with Crippen LogP contribution in [-0.2, 0) is 10.0 Å². The molecule has 1 aliphatic rings. The van der Waals surface area contributed by atoms with Gasteiger partial charge in [0.05, 0.1) is 4.90 Å². The first-order valence-corrected chi connectivity index (χ1v) is 6.77. The summed E-state index contributed by atoms with van der Waals surface area (Å²) < 4.78 is 26.5. The molecule has 1 saturated carbocycles. The maximum Gasteiger partial charge on any atom is 0.240 e. The third kappa shape index (κ3) is 2.20. The van der Waals surface area contributed by atoms with E-state index >= 15 is 0 Å². The predicted molar refractivity (Wildman–Crippen MR) is 63.5 cm³/mol. The van der Waals surface area contributed by atoms with Gasteiger partial charge >= 0.3 is 0 Å². The van der Waals surface area contributed by atoms with E-state index < -0.39 is 10.0 Å². The van der Waals surface area contributed by atoms with E-state index in [4.69, 9.17) is 5.73 Å². The Morgan fingerprint density at radius 3 is 2.56 bits per heavy atom. The Balaban J connectivity index is 2.25. The molecule has 1 aliphatic carbocycles. The molecule has 1 fully saturated rings. The van der Waals surface area contributed by atoms with Crippen LogP contribution in [0.5, 0.6) is 0 Å². The maximum absolute atomic E-state index is 11.9. The van der Waals surface area contributed by atoms with Crippen LogP contribution in [0.25, 0.3) is 0 Å². The molecular formula is C11H16N2O2S. The van der Waals surface area contributed by atoms with Gasteiger partial charge in [-0.15, -0.1) is 0 Å². The second-order valence-electron chi connectivity index (χ2n) is 4.46. The van der Waals surface area contributed by atoms with Crippen LogP contribution in [0.3, 0.4) is 0 Å². The van der Waals surface area contributed by atoms with E-state index in [1.807, 2.05) is 13.8 Å². The Bertz CT molecular complexity index is 511. The van der Waals surface area contributed by atoms with Gasteiger partial charge in [-0.3, -0.25) is 0 Å². The minimum atomic E-state index is -3.40. The minimum absolute atomic E-state index is 0.0903. The van der Waals surface area contributed by atoms with Crippen molar-refractivity contribution >= 4 is 15.7 Å². The lowest BCUT2D eigenvalue weighted by Gasteiger charge is -2.07. The molecule has 1 aromatic carbocycles. The number of hydrogen-bond acceptors (Lipinski definition) is 3. The van der Waals surface area contributed by atoms with Crippen molar-refractivity contribution in [1.82, 2.24) is 4.72 Å². The number of hydrogen-bond donors (Lipinski definition) is 2. The van der Waals surface area contributed by atoms with Gasteiger partial charge in [0.15, 0.2) is 0 Å².